The molecule has 2 N–H and O–H groups in total. The van der Waals surface area contributed by atoms with Gasteiger partial charge in [-0.15, -0.1) is 0 Å². The van der Waals surface area contributed by atoms with Crippen molar-refractivity contribution in [3.05, 3.63) is 33.9 Å². The highest BCUT2D eigenvalue weighted by molar-refractivity contribution is 5.91. The first kappa shape index (κ1) is 11.4. The Morgan fingerprint density at radius 3 is 2.82 bits per heavy atom. The predicted molar refractivity (Wildman–Crippen MR) is 60.5 cm³/mol. The van der Waals surface area contributed by atoms with Gasteiger partial charge in [0.2, 0.25) is 0 Å². The van der Waals surface area contributed by atoms with Crippen LogP contribution in [0.1, 0.15) is 23.2 Å². The number of nitro groups is 1. The van der Waals surface area contributed by atoms with E-state index in [-0.39, 0.29) is 16.9 Å². The van der Waals surface area contributed by atoms with E-state index in [1.165, 1.54) is 12.1 Å². The minimum atomic E-state index is -0.618. The molecule has 0 amide bonds. The van der Waals surface area contributed by atoms with Crippen LogP contribution in [-0.4, -0.2) is 17.5 Å². The Kier molecular flexibility index (Phi) is 2.95. The average molecular weight is 236 g/mol. The van der Waals surface area contributed by atoms with E-state index in [4.69, 9.17) is 10.5 Å². The van der Waals surface area contributed by atoms with Crippen LogP contribution in [0.15, 0.2) is 18.2 Å². The second-order valence-corrected chi connectivity index (χ2v) is 4.07. The van der Waals surface area contributed by atoms with Crippen LogP contribution in [0.5, 0.6) is 0 Å². The highest BCUT2D eigenvalue weighted by atomic mass is 16.6. The Balaban J connectivity index is 2.11. The highest BCUT2D eigenvalue weighted by Crippen LogP contribution is 2.29. The molecule has 0 aromatic heterocycles. The summed E-state index contributed by atoms with van der Waals surface area (Å²) in [6.45, 7) is 0.386. The van der Waals surface area contributed by atoms with Gasteiger partial charge in [0.1, 0.15) is 5.69 Å². The number of carbonyl (C=O) groups is 1. The number of nitrogens with zero attached hydrogens (tertiary/aromatic N) is 1. The maximum absolute atomic E-state index is 11.6. The summed E-state index contributed by atoms with van der Waals surface area (Å²) in [7, 11) is 0. The van der Waals surface area contributed by atoms with Crippen LogP contribution in [0.3, 0.4) is 0 Å². The van der Waals surface area contributed by atoms with Gasteiger partial charge >= 0.3 is 5.97 Å². The minimum absolute atomic E-state index is 0.0359. The third-order valence-corrected chi connectivity index (χ3v) is 2.61. The molecule has 17 heavy (non-hydrogen) atoms. The Hall–Kier alpha value is -2.11. The molecule has 1 aliphatic rings. The molecule has 6 nitrogen and oxygen atoms in total. The molecule has 90 valence electrons. The van der Waals surface area contributed by atoms with E-state index in [2.05, 4.69) is 0 Å². The van der Waals surface area contributed by atoms with Crippen LogP contribution in [0, 0.1) is 16.0 Å². The van der Waals surface area contributed by atoms with Crippen LogP contribution in [0.2, 0.25) is 0 Å². The van der Waals surface area contributed by atoms with Crippen molar-refractivity contribution in [1.29, 1.82) is 0 Å². The number of anilines is 1. The fourth-order valence-corrected chi connectivity index (χ4v) is 1.39. The van der Waals surface area contributed by atoms with Gasteiger partial charge in [-0.05, 0) is 30.9 Å². The van der Waals surface area contributed by atoms with Gasteiger partial charge in [-0.2, -0.15) is 0 Å². The predicted octanol–water partition coefficient (Wildman–Crippen LogP) is 1.74. The van der Waals surface area contributed by atoms with Gasteiger partial charge in [-0.3, -0.25) is 10.1 Å². The monoisotopic (exact) mass is 236 g/mol. The second kappa shape index (κ2) is 4.40. The molecular formula is C11H12N2O4. The second-order valence-electron chi connectivity index (χ2n) is 4.07. The van der Waals surface area contributed by atoms with Crippen molar-refractivity contribution in [3.8, 4) is 0 Å². The van der Waals surface area contributed by atoms with Gasteiger partial charge in [0, 0.05) is 6.07 Å². The van der Waals surface area contributed by atoms with Crippen molar-refractivity contribution in [1.82, 2.24) is 0 Å². The average Bonchev–Trinajstić information content (AvgIpc) is 3.10. The Morgan fingerprint density at radius 2 is 2.24 bits per heavy atom. The highest BCUT2D eigenvalue weighted by Gasteiger charge is 2.24. The lowest BCUT2D eigenvalue weighted by Crippen LogP contribution is -2.08. The third kappa shape index (κ3) is 2.72. The molecule has 1 saturated carbocycles. The Bertz CT molecular complexity index is 469. The van der Waals surface area contributed by atoms with Crippen molar-refractivity contribution in [2.45, 2.75) is 12.8 Å². The molecule has 0 saturated heterocycles. The summed E-state index contributed by atoms with van der Waals surface area (Å²) in [4.78, 5) is 21.6. The van der Waals surface area contributed by atoms with Gasteiger partial charge in [0.05, 0.1) is 17.1 Å². The number of rotatable bonds is 4. The van der Waals surface area contributed by atoms with Crippen molar-refractivity contribution in [2.24, 2.45) is 5.92 Å². The molecule has 1 aliphatic carbocycles. The van der Waals surface area contributed by atoms with E-state index in [0.29, 0.717) is 12.5 Å². The summed E-state index contributed by atoms with van der Waals surface area (Å²) in [6, 6.07) is 3.91. The number of nitrogens with two attached hydrogens (primary N) is 1. The zero-order valence-electron chi connectivity index (χ0n) is 9.09. The molecular weight excluding hydrogens is 224 g/mol. The first-order valence-electron chi connectivity index (χ1n) is 5.29. The molecule has 6 heteroatoms. The minimum Gasteiger partial charge on any atom is -0.462 e. The summed E-state index contributed by atoms with van der Waals surface area (Å²) in [5, 5.41) is 10.6. The molecule has 2 rings (SSSR count). The van der Waals surface area contributed by atoms with E-state index >= 15 is 0 Å². The summed E-state index contributed by atoms with van der Waals surface area (Å²) < 4.78 is 5.02. The number of carbonyl (C=O) groups excluding carboxylic acids is 1. The number of nitro benzene ring substituents is 1. The van der Waals surface area contributed by atoms with Crippen molar-refractivity contribution in [3.63, 3.8) is 0 Å². The smallest absolute Gasteiger partial charge is 0.338 e. The molecule has 0 heterocycles. The molecule has 0 bridgehead atoms. The fourth-order valence-electron chi connectivity index (χ4n) is 1.39. The van der Waals surface area contributed by atoms with Gasteiger partial charge in [-0.25, -0.2) is 4.79 Å². The maximum Gasteiger partial charge on any atom is 0.338 e. The van der Waals surface area contributed by atoms with Crippen molar-refractivity contribution in [2.75, 3.05) is 12.3 Å². The number of ether oxygens (including phenoxy) is 1. The van der Waals surface area contributed by atoms with Gasteiger partial charge in [-0.1, -0.05) is 0 Å². The van der Waals surface area contributed by atoms with Crippen LogP contribution >= 0.6 is 0 Å². The summed E-state index contributed by atoms with van der Waals surface area (Å²) in [5.41, 5.74) is 5.35. The van der Waals surface area contributed by atoms with E-state index in [1.807, 2.05) is 0 Å². The molecule has 0 spiro atoms. The van der Waals surface area contributed by atoms with E-state index in [1.54, 1.807) is 0 Å². The lowest BCUT2D eigenvalue weighted by Gasteiger charge is -2.04. The fraction of sp³-hybridized carbons (Fsp3) is 0.364. The number of benzene rings is 1. The summed E-state index contributed by atoms with van der Waals surface area (Å²) in [6.07, 6.45) is 2.16. The zero-order valence-corrected chi connectivity index (χ0v) is 9.09. The van der Waals surface area contributed by atoms with Crippen molar-refractivity contribution < 1.29 is 14.5 Å². The summed E-state index contributed by atoms with van der Waals surface area (Å²) >= 11 is 0. The van der Waals surface area contributed by atoms with Crippen molar-refractivity contribution >= 4 is 17.3 Å². The lowest BCUT2D eigenvalue weighted by atomic mass is 10.2. The number of hydrogen-bond acceptors (Lipinski definition) is 5. The van der Waals surface area contributed by atoms with Crippen LogP contribution in [0.25, 0.3) is 0 Å². The normalized spacial score (nSPS) is 14.4. The number of esters is 1. The summed E-state index contributed by atoms with van der Waals surface area (Å²) in [5.74, 6) is -0.0808. The number of nitrogen functional groups attached to an aromatic ring is 1. The van der Waals surface area contributed by atoms with E-state index in [9.17, 15) is 14.9 Å². The van der Waals surface area contributed by atoms with Crippen LogP contribution in [0.4, 0.5) is 11.4 Å². The first-order chi connectivity index (χ1) is 8.08. The van der Waals surface area contributed by atoms with E-state index in [0.717, 1.165) is 18.9 Å². The third-order valence-electron chi connectivity index (χ3n) is 2.61. The molecule has 0 unspecified atom stereocenters. The Morgan fingerprint density at radius 1 is 1.53 bits per heavy atom. The van der Waals surface area contributed by atoms with E-state index < -0.39 is 10.9 Å². The lowest BCUT2D eigenvalue weighted by molar-refractivity contribution is -0.383. The van der Waals surface area contributed by atoms with Gasteiger partial charge < -0.3 is 10.5 Å². The van der Waals surface area contributed by atoms with Crippen LogP contribution < -0.4 is 5.73 Å². The first-order valence-corrected chi connectivity index (χ1v) is 5.29. The quantitative estimate of drug-likeness (QED) is 0.372. The largest absolute Gasteiger partial charge is 0.462 e. The molecule has 0 radical (unpaired) electrons. The molecule has 0 atom stereocenters. The van der Waals surface area contributed by atoms with Gasteiger partial charge in [0.15, 0.2) is 0 Å². The standard InChI is InChI=1S/C11H12N2O4/c12-9-4-3-8(5-10(9)13(15)16)11(14)17-6-7-1-2-7/h3-5,7H,1-2,6,12H2. The molecule has 1 fully saturated rings. The topological polar surface area (TPSA) is 95.5 Å². The maximum atomic E-state index is 11.6. The SMILES string of the molecule is Nc1ccc(C(=O)OCC2CC2)cc1[N+](=O)[O-]. The van der Waals surface area contributed by atoms with Gasteiger partial charge in [0.25, 0.3) is 5.69 Å². The molecule has 0 aliphatic heterocycles. The zero-order chi connectivity index (χ0) is 12.4. The molecule has 1 aromatic rings. The van der Waals surface area contributed by atoms with Crippen LogP contribution in [-0.2, 0) is 4.74 Å². The molecule has 1 aromatic carbocycles. The Labute approximate surface area is 97.5 Å². The number of hydrogen-bond donors (Lipinski definition) is 1.